The summed E-state index contributed by atoms with van der Waals surface area (Å²) in [6, 6.07) is 7.96. The lowest BCUT2D eigenvalue weighted by Crippen LogP contribution is -2.42. The molecule has 0 spiro atoms. The molecule has 0 aliphatic carbocycles. The van der Waals surface area contributed by atoms with Gasteiger partial charge in [-0.15, -0.1) is 0 Å². The third-order valence-electron chi connectivity index (χ3n) is 3.74. The number of hydrogen-bond donors (Lipinski definition) is 2. The topological polar surface area (TPSA) is 54.4 Å². The summed E-state index contributed by atoms with van der Waals surface area (Å²) < 4.78 is 6.31. The average molecular weight is 337 g/mol. The maximum Gasteiger partial charge on any atom is 0.0863 e. The van der Waals surface area contributed by atoms with E-state index in [4.69, 9.17) is 4.74 Å². The van der Waals surface area contributed by atoms with Crippen molar-refractivity contribution in [3.8, 4) is 0 Å². The quantitative estimate of drug-likeness (QED) is 0.904. The molecule has 1 aliphatic heterocycles. The Hall–Kier alpha value is -1.17. The monoisotopic (exact) mass is 336 g/mol. The van der Waals surface area contributed by atoms with Gasteiger partial charge < -0.3 is 15.2 Å². The molecule has 1 aliphatic rings. The molecule has 0 unspecified atom stereocenters. The van der Waals surface area contributed by atoms with Crippen molar-refractivity contribution in [1.82, 2.24) is 4.98 Å². The third kappa shape index (κ3) is 2.95. The molecule has 0 amide bonds. The van der Waals surface area contributed by atoms with Crippen molar-refractivity contribution >= 4 is 32.5 Å². The van der Waals surface area contributed by atoms with E-state index in [-0.39, 0.29) is 0 Å². The zero-order valence-corrected chi connectivity index (χ0v) is 12.7. The first-order valence-electron chi connectivity index (χ1n) is 6.75. The van der Waals surface area contributed by atoms with Crippen LogP contribution in [0.5, 0.6) is 0 Å². The summed E-state index contributed by atoms with van der Waals surface area (Å²) in [6.45, 7) is 1.79. The third-order valence-corrected chi connectivity index (χ3v) is 4.23. The normalized spacial score (nSPS) is 18.1. The number of ether oxygens (including phenoxy) is 1. The van der Waals surface area contributed by atoms with Crippen molar-refractivity contribution in [2.24, 2.45) is 0 Å². The van der Waals surface area contributed by atoms with Crippen LogP contribution < -0.4 is 5.32 Å². The summed E-state index contributed by atoms with van der Waals surface area (Å²) in [4.78, 5) is 4.36. The van der Waals surface area contributed by atoms with Gasteiger partial charge in [-0.1, -0.05) is 15.9 Å². The molecule has 0 bridgehead atoms. The minimum absolute atomic E-state index is 0.533. The van der Waals surface area contributed by atoms with Gasteiger partial charge in [-0.25, -0.2) is 0 Å². The van der Waals surface area contributed by atoms with Gasteiger partial charge in [0.05, 0.1) is 11.1 Å². The number of nitrogens with zero attached hydrogens (tertiary/aromatic N) is 1. The van der Waals surface area contributed by atoms with Crippen LogP contribution in [0.2, 0.25) is 0 Å². The molecule has 20 heavy (non-hydrogen) atoms. The van der Waals surface area contributed by atoms with Crippen molar-refractivity contribution < 1.29 is 9.84 Å². The molecular weight excluding hydrogens is 320 g/mol. The second kappa shape index (κ2) is 5.68. The van der Waals surface area contributed by atoms with E-state index in [0.29, 0.717) is 32.6 Å². The van der Waals surface area contributed by atoms with Crippen LogP contribution in [0.4, 0.5) is 5.69 Å². The van der Waals surface area contributed by atoms with Crippen LogP contribution in [0.25, 0.3) is 10.9 Å². The standard InChI is InChI=1S/C15H17BrN2O2/c16-11-1-2-12-13(3-6-17-14(12)9-11)18-10-15(19)4-7-20-8-5-15/h1-3,6,9,19H,4-5,7-8,10H2,(H,17,18). The molecule has 2 heterocycles. The molecule has 2 aromatic rings. The highest BCUT2D eigenvalue weighted by atomic mass is 79.9. The lowest BCUT2D eigenvalue weighted by Gasteiger charge is -2.32. The van der Waals surface area contributed by atoms with Gasteiger partial charge in [0.2, 0.25) is 0 Å². The molecule has 4 nitrogen and oxygen atoms in total. The number of aromatic nitrogens is 1. The fraction of sp³-hybridized carbons (Fsp3) is 0.400. The van der Waals surface area contributed by atoms with E-state index < -0.39 is 5.60 Å². The van der Waals surface area contributed by atoms with Crippen molar-refractivity contribution in [1.29, 1.82) is 0 Å². The fourth-order valence-electron chi connectivity index (χ4n) is 2.46. The maximum atomic E-state index is 10.5. The molecule has 1 fully saturated rings. The minimum Gasteiger partial charge on any atom is -0.388 e. The molecule has 106 valence electrons. The molecule has 5 heteroatoms. The van der Waals surface area contributed by atoms with Crippen molar-refractivity contribution in [3.05, 3.63) is 34.9 Å². The molecule has 3 rings (SSSR count). The van der Waals surface area contributed by atoms with Crippen LogP contribution in [-0.2, 0) is 4.74 Å². The predicted molar refractivity (Wildman–Crippen MR) is 82.9 cm³/mol. The molecule has 1 aromatic carbocycles. The average Bonchev–Trinajstić information content (AvgIpc) is 2.45. The Balaban J connectivity index is 1.80. The first-order valence-corrected chi connectivity index (χ1v) is 7.54. The number of hydrogen-bond acceptors (Lipinski definition) is 4. The summed E-state index contributed by atoms with van der Waals surface area (Å²) in [7, 11) is 0. The zero-order valence-electron chi connectivity index (χ0n) is 11.1. The maximum absolute atomic E-state index is 10.5. The lowest BCUT2D eigenvalue weighted by atomic mass is 9.94. The van der Waals surface area contributed by atoms with Crippen LogP contribution in [0.3, 0.4) is 0 Å². The molecule has 0 atom stereocenters. The van der Waals surface area contributed by atoms with E-state index in [1.165, 1.54) is 0 Å². The summed E-state index contributed by atoms with van der Waals surface area (Å²) in [5, 5.41) is 14.9. The van der Waals surface area contributed by atoms with Gasteiger partial charge in [-0.05, 0) is 24.3 Å². The Morgan fingerprint density at radius 1 is 1.30 bits per heavy atom. The Labute approximate surface area is 126 Å². The SMILES string of the molecule is OC1(CNc2ccnc3cc(Br)ccc23)CCOCC1. The number of aliphatic hydroxyl groups is 1. The van der Waals surface area contributed by atoms with Crippen LogP contribution in [0.1, 0.15) is 12.8 Å². The highest BCUT2D eigenvalue weighted by Crippen LogP contribution is 2.26. The molecule has 1 saturated heterocycles. The summed E-state index contributed by atoms with van der Waals surface area (Å²) >= 11 is 3.45. The van der Waals surface area contributed by atoms with Gasteiger partial charge in [-0.3, -0.25) is 4.98 Å². The van der Waals surface area contributed by atoms with E-state index in [0.717, 1.165) is 21.1 Å². The summed E-state index contributed by atoms with van der Waals surface area (Å²) in [5.41, 5.74) is 1.26. The molecule has 1 aromatic heterocycles. The smallest absolute Gasteiger partial charge is 0.0863 e. The number of benzene rings is 1. The van der Waals surface area contributed by atoms with E-state index in [1.807, 2.05) is 24.3 Å². The highest BCUT2D eigenvalue weighted by Gasteiger charge is 2.29. The van der Waals surface area contributed by atoms with Crippen molar-refractivity contribution in [3.63, 3.8) is 0 Å². The summed E-state index contributed by atoms with van der Waals surface area (Å²) in [5.74, 6) is 0. The van der Waals surface area contributed by atoms with Crippen LogP contribution in [0, 0.1) is 0 Å². The largest absolute Gasteiger partial charge is 0.388 e. The molecule has 2 N–H and O–H groups in total. The van der Waals surface area contributed by atoms with Crippen molar-refractivity contribution in [2.45, 2.75) is 18.4 Å². The summed E-state index contributed by atoms with van der Waals surface area (Å²) in [6.07, 6.45) is 3.13. The Morgan fingerprint density at radius 3 is 2.90 bits per heavy atom. The second-order valence-corrected chi connectivity index (χ2v) is 6.13. The number of halogens is 1. The molecule has 0 radical (unpaired) electrons. The Bertz CT molecular complexity index is 612. The van der Waals surface area contributed by atoms with Crippen LogP contribution >= 0.6 is 15.9 Å². The van der Waals surface area contributed by atoms with Crippen LogP contribution in [-0.4, -0.2) is 35.5 Å². The predicted octanol–water partition coefficient (Wildman–Crippen LogP) is 2.95. The van der Waals surface area contributed by atoms with Gasteiger partial charge in [-0.2, -0.15) is 0 Å². The van der Waals surface area contributed by atoms with Gasteiger partial charge in [0.15, 0.2) is 0 Å². The lowest BCUT2D eigenvalue weighted by molar-refractivity contribution is -0.0543. The van der Waals surface area contributed by atoms with Crippen molar-refractivity contribution in [2.75, 3.05) is 25.1 Å². The first-order chi connectivity index (χ1) is 9.66. The first kappa shape index (κ1) is 13.8. The second-order valence-electron chi connectivity index (χ2n) is 5.21. The molecule has 0 saturated carbocycles. The van der Waals surface area contributed by atoms with E-state index in [1.54, 1.807) is 6.20 Å². The number of pyridine rings is 1. The number of rotatable bonds is 3. The van der Waals surface area contributed by atoms with E-state index in [9.17, 15) is 5.11 Å². The van der Waals surface area contributed by atoms with Crippen LogP contribution in [0.15, 0.2) is 34.9 Å². The fourth-order valence-corrected chi connectivity index (χ4v) is 2.81. The van der Waals surface area contributed by atoms with E-state index >= 15 is 0 Å². The zero-order chi connectivity index (χ0) is 14.0. The van der Waals surface area contributed by atoms with Gasteiger partial charge >= 0.3 is 0 Å². The number of anilines is 1. The number of nitrogens with one attached hydrogen (secondary N) is 1. The van der Waals surface area contributed by atoms with Gasteiger partial charge in [0.25, 0.3) is 0 Å². The molecular formula is C15H17BrN2O2. The van der Waals surface area contributed by atoms with E-state index in [2.05, 4.69) is 26.2 Å². The Morgan fingerprint density at radius 2 is 2.10 bits per heavy atom. The minimum atomic E-state index is -0.677. The van der Waals surface area contributed by atoms with Gasteiger partial charge in [0.1, 0.15) is 0 Å². The van der Waals surface area contributed by atoms with Gasteiger partial charge in [0, 0.05) is 54.3 Å². The number of fused-ring (bicyclic) bond motifs is 1. The highest BCUT2D eigenvalue weighted by molar-refractivity contribution is 9.10. The Kier molecular flexibility index (Phi) is 3.92.